The van der Waals surface area contributed by atoms with E-state index in [0.29, 0.717) is 6.61 Å². The first kappa shape index (κ1) is 13.1. The van der Waals surface area contributed by atoms with Crippen LogP contribution < -0.4 is 4.74 Å². The number of aromatic nitrogens is 3. The van der Waals surface area contributed by atoms with E-state index >= 15 is 0 Å². The van der Waals surface area contributed by atoms with Crippen LogP contribution in [0, 0.1) is 0 Å². The highest BCUT2D eigenvalue weighted by atomic mass is 16.5. The Balaban J connectivity index is 1.59. The van der Waals surface area contributed by atoms with Crippen LogP contribution in [0.1, 0.15) is 11.3 Å². The van der Waals surface area contributed by atoms with E-state index in [4.69, 9.17) is 4.74 Å². The molecule has 0 spiro atoms. The van der Waals surface area contributed by atoms with Gasteiger partial charge in [-0.25, -0.2) is 4.68 Å². The Bertz CT molecular complexity index is 689. The van der Waals surface area contributed by atoms with Crippen LogP contribution in [0.15, 0.2) is 67.1 Å². The molecule has 0 fully saturated rings. The van der Waals surface area contributed by atoms with E-state index in [-0.39, 0.29) is 0 Å². The van der Waals surface area contributed by atoms with Gasteiger partial charge in [-0.2, -0.15) is 5.10 Å². The normalized spacial score (nSPS) is 10.9. The van der Waals surface area contributed by atoms with E-state index in [1.54, 1.807) is 17.1 Å². The topological polar surface area (TPSA) is 39.9 Å². The molecule has 3 rings (SSSR count). The summed E-state index contributed by atoms with van der Waals surface area (Å²) in [6.45, 7) is 0.476. The molecule has 4 heteroatoms. The third-order valence-electron chi connectivity index (χ3n) is 2.94. The molecular formula is C17H15N3O. The average Bonchev–Trinajstić information content (AvgIpc) is 3.06. The summed E-state index contributed by atoms with van der Waals surface area (Å²) in [6.07, 6.45) is 9.31. The third kappa shape index (κ3) is 3.79. The van der Waals surface area contributed by atoms with Gasteiger partial charge in [-0.15, -0.1) is 0 Å². The Kier molecular flexibility index (Phi) is 4.07. The summed E-state index contributed by atoms with van der Waals surface area (Å²) in [5.41, 5.74) is 2.01. The van der Waals surface area contributed by atoms with Crippen LogP contribution in [0.2, 0.25) is 0 Å². The molecule has 2 aromatic heterocycles. The van der Waals surface area contributed by atoms with Crippen LogP contribution in [0.25, 0.3) is 12.3 Å². The van der Waals surface area contributed by atoms with Crippen molar-refractivity contribution in [2.45, 2.75) is 6.61 Å². The lowest BCUT2D eigenvalue weighted by Gasteiger charge is -2.05. The Morgan fingerprint density at radius 1 is 1.00 bits per heavy atom. The van der Waals surface area contributed by atoms with Gasteiger partial charge in [-0.1, -0.05) is 18.2 Å². The summed E-state index contributed by atoms with van der Waals surface area (Å²) in [4.78, 5) is 4.22. The molecule has 2 heterocycles. The van der Waals surface area contributed by atoms with Crippen molar-refractivity contribution in [2.75, 3.05) is 0 Å². The van der Waals surface area contributed by atoms with Gasteiger partial charge in [0.2, 0.25) is 0 Å². The molecule has 0 saturated heterocycles. The molecular weight excluding hydrogens is 262 g/mol. The molecule has 0 radical (unpaired) electrons. The van der Waals surface area contributed by atoms with Crippen LogP contribution in [0.4, 0.5) is 0 Å². The number of pyridine rings is 1. The summed E-state index contributed by atoms with van der Waals surface area (Å²) in [5, 5.41) is 4.11. The second-order valence-corrected chi connectivity index (χ2v) is 4.48. The van der Waals surface area contributed by atoms with Crippen molar-refractivity contribution in [3.63, 3.8) is 0 Å². The van der Waals surface area contributed by atoms with Crippen molar-refractivity contribution >= 4 is 12.3 Å². The van der Waals surface area contributed by atoms with Gasteiger partial charge in [0.05, 0.1) is 5.69 Å². The van der Waals surface area contributed by atoms with E-state index in [1.807, 2.05) is 67.0 Å². The summed E-state index contributed by atoms with van der Waals surface area (Å²) in [5.74, 6) is 0.830. The molecule has 3 aromatic rings. The summed E-state index contributed by atoms with van der Waals surface area (Å²) in [6, 6.07) is 15.6. The summed E-state index contributed by atoms with van der Waals surface area (Å²) in [7, 11) is 0. The molecule has 0 unspecified atom stereocenters. The molecule has 0 aliphatic heterocycles. The predicted molar refractivity (Wildman–Crippen MR) is 82.5 cm³/mol. The predicted octanol–water partition coefficient (Wildman–Crippen LogP) is 3.49. The monoisotopic (exact) mass is 277 g/mol. The van der Waals surface area contributed by atoms with Gasteiger partial charge >= 0.3 is 0 Å². The van der Waals surface area contributed by atoms with Crippen molar-refractivity contribution in [1.29, 1.82) is 0 Å². The molecule has 0 aliphatic carbocycles. The van der Waals surface area contributed by atoms with E-state index in [9.17, 15) is 0 Å². The highest BCUT2D eigenvalue weighted by Gasteiger charge is 1.96. The molecule has 0 atom stereocenters. The van der Waals surface area contributed by atoms with E-state index in [2.05, 4.69) is 10.1 Å². The lowest BCUT2D eigenvalue weighted by atomic mass is 10.2. The van der Waals surface area contributed by atoms with E-state index < -0.39 is 0 Å². The summed E-state index contributed by atoms with van der Waals surface area (Å²) < 4.78 is 7.45. The number of hydrogen-bond donors (Lipinski definition) is 0. The van der Waals surface area contributed by atoms with Gasteiger partial charge in [0.15, 0.2) is 0 Å². The fourth-order valence-electron chi connectivity index (χ4n) is 1.85. The van der Waals surface area contributed by atoms with Crippen molar-refractivity contribution in [3.05, 3.63) is 78.4 Å². The van der Waals surface area contributed by atoms with Gasteiger partial charge in [0.1, 0.15) is 12.4 Å². The third-order valence-corrected chi connectivity index (χ3v) is 2.94. The Hall–Kier alpha value is -2.88. The maximum atomic E-state index is 5.69. The second kappa shape index (κ2) is 6.52. The minimum absolute atomic E-state index is 0.476. The van der Waals surface area contributed by atoms with Crippen molar-refractivity contribution < 1.29 is 4.74 Å². The minimum atomic E-state index is 0.476. The smallest absolute Gasteiger partial charge is 0.130 e. The van der Waals surface area contributed by atoms with Gasteiger partial charge in [0.25, 0.3) is 0 Å². The first-order chi connectivity index (χ1) is 10.4. The van der Waals surface area contributed by atoms with Crippen molar-refractivity contribution in [2.24, 2.45) is 0 Å². The molecule has 0 bridgehead atoms. The quantitative estimate of drug-likeness (QED) is 0.716. The molecule has 104 valence electrons. The molecule has 0 amide bonds. The SMILES string of the molecule is C(=C\n1cccn1)/c1ccc(OCc2ccccn2)cc1. The van der Waals surface area contributed by atoms with Crippen molar-refractivity contribution in [1.82, 2.24) is 14.8 Å². The van der Waals surface area contributed by atoms with Gasteiger partial charge < -0.3 is 4.74 Å². The maximum Gasteiger partial charge on any atom is 0.130 e. The van der Waals surface area contributed by atoms with Crippen molar-refractivity contribution in [3.8, 4) is 5.75 Å². The van der Waals surface area contributed by atoms with Gasteiger partial charge in [-0.3, -0.25) is 4.98 Å². The number of ether oxygens (including phenoxy) is 1. The Morgan fingerprint density at radius 2 is 1.90 bits per heavy atom. The standard InChI is InChI=1S/C17H15N3O/c1-2-10-18-16(4-1)14-21-17-7-5-15(6-8-17)9-13-20-12-3-11-19-20/h1-13H,14H2/b13-9+. The first-order valence-electron chi connectivity index (χ1n) is 6.70. The number of nitrogens with zero attached hydrogens (tertiary/aromatic N) is 3. The molecule has 0 saturated carbocycles. The van der Waals surface area contributed by atoms with Crippen LogP contribution in [0.3, 0.4) is 0 Å². The van der Waals surface area contributed by atoms with Gasteiger partial charge in [0, 0.05) is 24.8 Å². The maximum absolute atomic E-state index is 5.69. The number of rotatable bonds is 5. The van der Waals surface area contributed by atoms with Crippen LogP contribution in [-0.4, -0.2) is 14.8 Å². The average molecular weight is 277 g/mol. The van der Waals surface area contributed by atoms with Crippen LogP contribution in [0.5, 0.6) is 5.75 Å². The summed E-state index contributed by atoms with van der Waals surface area (Å²) >= 11 is 0. The highest BCUT2D eigenvalue weighted by molar-refractivity contribution is 5.60. The molecule has 0 aliphatic rings. The largest absolute Gasteiger partial charge is 0.487 e. The number of hydrogen-bond acceptors (Lipinski definition) is 3. The second-order valence-electron chi connectivity index (χ2n) is 4.48. The van der Waals surface area contributed by atoms with E-state index in [1.165, 1.54) is 0 Å². The van der Waals surface area contributed by atoms with Crippen LogP contribution in [-0.2, 0) is 6.61 Å². The molecule has 1 aromatic carbocycles. The minimum Gasteiger partial charge on any atom is -0.487 e. The Morgan fingerprint density at radius 3 is 2.62 bits per heavy atom. The number of benzene rings is 1. The first-order valence-corrected chi connectivity index (χ1v) is 6.70. The highest BCUT2D eigenvalue weighted by Crippen LogP contribution is 2.14. The van der Waals surface area contributed by atoms with Gasteiger partial charge in [-0.05, 0) is 42.0 Å². The van der Waals surface area contributed by atoms with Crippen LogP contribution >= 0.6 is 0 Å². The molecule has 0 N–H and O–H groups in total. The molecule has 21 heavy (non-hydrogen) atoms. The zero-order valence-corrected chi connectivity index (χ0v) is 11.5. The Labute approximate surface area is 123 Å². The molecule has 4 nitrogen and oxygen atoms in total. The fourth-order valence-corrected chi connectivity index (χ4v) is 1.85. The lowest BCUT2D eigenvalue weighted by Crippen LogP contribution is -1.97. The zero-order valence-electron chi connectivity index (χ0n) is 11.5. The lowest BCUT2D eigenvalue weighted by molar-refractivity contribution is 0.301. The van der Waals surface area contributed by atoms with E-state index in [0.717, 1.165) is 17.0 Å². The zero-order chi connectivity index (χ0) is 14.3. The fraction of sp³-hybridized carbons (Fsp3) is 0.0588.